The fraction of sp³-hybridized carbons (Fsp3) is 0.316. The van der Waals surface area contributed by atoms with Crippen LogP contribution in [0.25, 0.3) is 0 Å². The van der Waals surface area contributed by atoms with Crippen LogP contribution in [0.1, 0.15) is 28.8 Å². The zero-order valence-corrected chi connectivity index (χ0v) is 15.3. The van der Waals surface area contributed by atoms with Crippen molar-refractivity contribution in [2.45, 2.75) is 12.8 Å². The van der Waals surface area contributed by atoms with E-state index >= 15 is 0 Å². The van der Waals surface area contributed by atoms with Gasteiger partial charge in [0.05, 0.1) is 30.8 Å². The summed E-state index contributed by atoms with van der Waals surface area (Å²) in [6, 6.07) is 8.34. The molecule has 0 aromatic heterocycles. The first-order valence-electron chi connectivity index (χ1n) is 8.07. The quantitative estimate of drug-likeness (QED) is 0.592. The Morgan fingerprint density at radius 1 is 1.19 bits per heavy atom. The molecule has 1 heterocycles. The number of esters is 2. The Hall–Kier alpha value is -3.31. The Balaban J connectivity index is 2.45. The Morgan fingerprint density at radius 3 is 2.41 bits per heavy atom. The molecule has 2 rings (SSSR count). The summed E-state index contributed by atoms with van der Waals surface area (Å²) < 4.78 is 20.1. The minimum absolute atomic E-state index is 0.0567. The standard InChI is InChI=1S/C19H20N2O6/c1-11-15(19(23)26-9-8-24-2)16(14(10-20)17(21)27-11)12-4-6-13(7-5-12)18(22)25-3/h4-7,16H,8-9,21H2,1-3H3. The number of carbonyl (C=O) groups is 2. The fourth-order valence-corrected chi connectivity index (χ4v) is 2.70. The van der Waals surface area contributed by atoms with E-state index in [0.717, 1.165) is 0 Å². The molecule has 0 saturated heterocycles. The molecule has 2 N–H and O–H groups in total. The maximum atomic E-state index is 12.6. The van der Waals surface area contributed by atoms with Gasteiger partial charge in [0.25, 0.3) is 0 Å². The van der Waals surface area contributed by atoms with Crippen LogP contribution in [0.3, 0.4) is 0 Å². The lowest BCUT2D eigenvalue weighted by Gasteiger charge is -2.27. The van der Waals surface area contributed by atoms with Crippen molar-refractivity contribution >= 4 is 11.9 Å². The molecule has 8 nitrogen and oxygen atoms in total. The summed E-state index contributed by atoms with van der Waals surface area (Å²) in [6.07, 6.45) is 0. The topological polar surface area (TPSA) is 121 Å². The minimum Gasteiger partial charge on any atom is -0.465 e. The highest BCUT2D eigenvalue weighted by Gasteiger charge is 2.36. The molecule has 1 aromatic carbocycles. The molecule has 0 fully saturated rings. The van der Waals surface area contributed by atoms with Crippen molar-refractivity contribution in [1.82, 2.24) is 0 Å². The lowest BCUT2D eigenvalue weighted by atomic mass is 9.83. The molecule has 1 aromatic rings. The van der Waals surface area contributed by atoms with Crippen molar-refractivity contribution in [1.29, 1.82) is 5.26 Å². The number of nitrogens with two attached hydrogens (primary N) is 1. The summed E-state index contributed by atoms with van der Waals surface area (Å²) in [5.41, 5.74) is 7.03. The molecule has 0 radical (unpaired) electrons. The van der Waals surface area contributed by atoms with Gasteiger partial charge in [0.1, 0.15) is 24.0 Å². The molecular weight excluding hydrogens is 352 g/mol. The summed E-state index contributed by atoms with van der Waals surface area (Å²) in [5, 5.41) is 9.54. The van der Waals surface area contributed by atoms with Crippen LogP contribution < -0.4 is 5.73 Å². The van der Waals surface area contributed by atoms with Crippen molar-refractivity contribution < 1.29 is 28.5 Å². The minimum atomic E-state index is -0.773. The zero-order valence-electron chi connectivity index (χ0n) is 15.3. The smallest absolute Gasteiger partial charge is 0.338 e. The van der Waals surface area contributed by atoms with Gasteiger partial charge in [0.15, 0.2) is 0 Å². The van der Waals surface area contributed by atoms with Gasteiger partial charge in [-0.1, -0.05) is 12.1 Å². The van der Waals surface area contributed by atoms with Gasteiger partial charge in [-0.25, -0.2) is 9.59 Å². The zero-order chi connectivity index (χ0) is 20.0. The number of ether oxygens (including phenoxy) is 4. The van der Waals surface area contributed by atoms with E-state index in [0.29, 0.717) is 11.1 Å². The average molecular weight is 372 g/mol. The Kier molecular flexibility index (Phi) is 6.57. The Morgan fingerprint density at radius 2 is 1.85 bits per heavy atom. The van der Waals surface area contributed by atoms with Gasteiger partial charge in [0, 0.05) is 7.11 Å². The lowest BCUT2D eigenvalue weighted by Crippen LogP contribution is -2.26. The third-order valence-electron chi connectivity index (χ3n) is 4.01. The predicted molar refractivity (Wildman–Crippen MR) is 94.0 cm³/mol. The number of rotatable bonds is 6. The van der Waals surface area contributed by atoms with Crippen LogP contribution >= 0.6 is 0 Å². The van der Waals surface area contributed by atoms with Crippen LogP contribution in [0.4, 0.5) is 0 Å². The number of nitriles is 1. The van der Waals surface area contributed by atoms with E-state index in [1.807, 2.05) is 6.07 Å². The molecule has 1 atom stereocenters. The molecule has 0 amide bonds. The monoisotopic (exact) mass is 372 g/mol. The van der Waals surface area contributed by atoms with Gasteiger partial charge in [-0.05, 0) is 24.6 Å². The number of hydrogen-bond donors (Lipinski definition) is 1. The highest BCUT2D eigenvalue weighted by Crippen LogP contribution is 2.39. The molecule has 0 bridgehead atoms. The van der Waals surface area contributed by atoms with E-state index < -0.39 is 17.9 Å². The molecule has 27 heavy (non-hydrogen) atoms. The number of benzene rings is 1. The summed E-state index contributed by atoms with van der Waals surface area (Å²) in [6.45, 7) is 1.87. The molecule has 1 aliphatic heterocycles. The third kappa shape index (κ3) is 4.27. The van der Waals surface area contributed by atoms with Gasteiger partial charge in [0.2, 0.25) is 5.88 Å². The summed E-state index contributed by atoms with van der Waals surface area (Å²) in [4.78, 5) is 24.2. The number of hydrogen-bond acceptors (Lipinski definition) is 8. The first-order valence-corrected chi connectivity index (χ1v) is 8.07. The highest BCUT2D eigenvalue weighted by molar-refractivity contribution is 5.93. The van der Waals surface area contributed by atoms with E-state index in [2.05, 4.69) is 4.74 Å². The molecule has 1 aliphatic rings. The van der Waals surface area contributed by atoms with Crippen LogP contribution in [-0.2, 0) is 23.7 Å². The van der Waals surface area contributed by atoms with E-state index in [1.165, 1.54) is 14.2 Å². The molecule has 8 heteroatoms. The first-order chi connectivity index (χ1) is 12.9. The molecule has 0 saturated carbocycles. The molecule has 0 spiro atoms. The highest BCUT2D eigenvalue weighted by atomic mass is 16.6. The van der Waals surface area contributed by atoms with Gasteiger partial charge < -0.3 is 24.7 Å². The Labute approximate surface area is 156 Å². The second kappa shape index (κ2) is 8.87. The average Bonchev–Trinajstić information content (AvgIpc) is 2.67. The van der Waals surface area contributed by atoms with Crippen LogP contribution in [0.2, 0.25) is 0 Å². The maximum Gasteiger partial charge on any atom is 0.338 e. The largest absolute Gasteiger partial charge is 0.465 e. The maximum absolute atomic E-state index is 12.6. The third-order valence-corrected chi connectivity index (χ3v) is 4.01. The lowest BCUT2D eigenvalue weighted by molar-refractivity contribution is -0.140. The van der Waals surface area contributed by atoms with Crippen molar-refractivity contribution in [2.75, 3.05) is 27.4 Å². The predicted octanol–water partition coefficient (Wildman–Crippen LogP) is 1.74. The summed E-state index contributed by atoms with van der Waals surface area (Å²) in [5.74, 6) is -1.73. The van der Waals surface area contributed by atoms with Crippen LogP contribution in [0, 0.1) is 11.3 Å². The first kappa shape index (κ1) is 20.0. The SMILES string of the molecule is COCCOC(=O)C1=C(C)OC(N)=C(C#N)C1c1ccc(C(=O)OC)cc1. The number of carbonyl (C=O) groups excluding carboxylic acids is 2. The van der Waals surface area contributed by atoms with Gasteiger partial charge in [-0.2, -0.15) is 5.26 Å². The molecule has 0 aliphatic carbocycles. The van der Waals surface area contributed by atoms with Crippen LogP contribution in [-0.4, -0.2) is 39.4 Å². The molecule has 142 valence electrons. The Bertz CT molecular complexity index is 833. The van der Waals surface area contributed by atoms with Crippen LogP contribution in [0.5, 0.6) is 0 Å². The fourth-order valence-electron chi connectivity index (χ4n) is 2.70. The van der Waals surface area contributed by atoms with Crippen molar-refractivity contribution in [2.24, 2.45) is 5.73 Å². The van der Waals surface area contributed by atoms with E-state index in [-0.39, 0.29) is 36.0 Å². The van der Waals surface area contributed by atoms with E-state index in [1.54, 1.807) is 31.2 Å². The molecular formula is C19H20N2O6. The second-order valence-electron chi connectivity index (χ2n) is 5.64. The van der Waals surface area contributed by atoms with Gasteiger partial charge >= 0.3 is 11.9 Å². The summed E-state index contributed by atoms with van der Waals surface area (Å²) in [7, 11) is 2.77. The summed E-state index contributed by atoms with van der Waals surface area (Å²) >= 11 is 0. The van der Waals surface area contributed by atoms with Crippen molar-refractivity contribution in [3.05, 3.63) is 58.2 Å². The second-order valence-corrected chi connectivity index (χ2v) is 5.64. The van der Waals surface area contributed by atoms with Crippen molar-refractivity contribution in [3.63, 3.8) is 0 Å². The number of nitrogens with zero attached hydrogens (tertiary/aromatic N) is 1. The molecule has 1 unspecified atom stereocenters. The number of methoxy groups -OCH3 is 2. The van der Waals surface area contributed by atoms with E-state index in [9.17, 15) is 14.9 Å². The van der Waals surface area contributed by atoms with Crippen LogP contribution in [0.15, 0.2) is 47.1 Å². The number of allylic oxidation sites excluding steroid dienone is 2. The van der Waals surface area contributed by atoms with E-state index in [4.69, 9.17) is 19.9 Å². The van der Waals surface area contributed by atoms with Crippen molar-refractivity contribution in [3.8, 4) is 6.07 Å². The van der Waals surface area contributed by atoms with Gasteiger partial charge in [-0.15, -0.1) is 0 Å². The van der Waals surface area contributed by atoms with Gasteiger partial charge in [-0.3, -0.25) is 0 Å². The normalized spacial score (nSPS) is 16.4.